The summed E-state index contributed by atoms with van der Waals surface area (Å²) in [6.07, 6.45) is 3.31. The highest BCUT2D eigenvalue weighted by Crippen LogP contribution is 2.72. The Bertz CT molecular complexity index is 1280. The number of carbonyl (C=O) groups is 4. The Morgan fingerprint density at radius 3 is 2.42 bits per heavy atom. The zero-order chi connectivity index (χ0) is 31.8. The van der Waals surface area contributed by atoms with Crippen molar-refractivity contribution in [2.45, 2.75) is 109 Å². The van der Waals surface area contributed by atoms with Crippen molar-refractivity contribution in [3.63, 3.8) is 0 Å². The molecule has 1 saturated heterocycles. The van der Waals surface area contributed by atoms with Crippen molar-refractivity contribution in [1.29, 1.82) is 0 Å². The summed E-state index contributed by atoms with van der Waals surface area (Å²) in [5, 5.41) is 11.7. The molecular weight excluding hydrogens is 563 g/mol. The number of Topliss-reactive ketones (excluding diaryl/α,β-unsaturated/α-hetero) is 1. The van der Waals surface area contributed by atoms with Gasteiger partial charge in [-0.2, -0.15) is 0 Å². The normalized spacial score (nSPS) is 41.0. The molecule has 0 amide bonds. The van der Waals surface area contributed by atoms with E-state index >= 15 is 4.39 Å². The molecule has 4 aliphatic carbocycles. The van der Waals surface area contributed by atoms with Gasteiger partial charge in [0.25, 0.3) is 0 Å². The first kappa shape index (κ1) is 31.9. The quantitative estimate of drug-likeness (QED) is 0.430. The van der Waals surface area contributed by atoms with Crippen LogP contribution >= 0.6 is 0 Å². The number of aliphatic hydroxyl groups excluding tert-OH is 1. The summed E-state index contributed by atoms with van der Waals surface area (Å²) in [6, 6.07) is 0. The Kier molecular flexibility index (Phi) is 7.64. The van der Waals surface area contributed by atoms with E-state index in [1.54, 1.807) is 47.6 Å². The van der Waals surface area contributed by atoms with Gasteiger partial charge in [-0.1, -0.05) is 18.6 Å². The maximum absolute atomic E-state index is 17.5. The van der Waals surface area contributed by atoms with Crippen LogP contribution in [0.3, 0.4) is 0 Å². The number of alkyl halides is 1. The maximum atomic E-state index is 17.5. The van der Waals surface area contributed by atoms with Crippen LogP contribution in [0.2, 0.25) is 0 Å². The highest BCUT2D eigenvalue weighted by molar-refractivity contribution is 6.01. The molecule has 10 nitrogen and oxygen atoms in total. The summed E-state index contributed by atoms with van der Waals surface area (Å²) in [6.45, 7) is 10.4. The van der Waals surface area contributed by atoms with Crippen LogP contribution in [0.15, 0.2) is 23.8 Å². The van der Waals surface area contributed by atoms with Crippen LogP contribution in [0.4, 0.5) is 4.39 Å². The zero-order valence-corrected chi connectivity index (χ0v) is 26.0. The fraction of sp³-hybridized carbons (Fsp3) is 0.750. The van der Waals surface area contributed by atoms with Gasteiger partial charge in [-0.25, -0.2) is 14.0 Å². The third kappa shape index (κ3) is 4.91. The number of esters is 2. The molecule has 1 heterocycles. The zero-order valence-electron chi connectivity index (χ0n) is 26.0. The van der Waals surface area contributed by atoms with Gasteiger partial charge in [0.2, 0.25) is 5.78 Å². The standard InChI is InChI=1S/C32H43FO10/c1-27(2,3)42-26(38)17-39-16-25(37)40-15-23(36)32-24(41-28(4,5)43-32)13-21-20-9-8-18-12-19(34)10-11-29(18,6)31(20,33)22(35)14-30(21,32)7/h10-12,20-22,24,35H,8-9,13-17H2,1-7H3/t20?,21?,22-,24+,29?,30?,31-,32+/m0/s1. The number of hydrogen-bond donors (Lipinski definition) is 1. The van der Waals surface area contributed by atoms with Crippen molar-refractivity contribution in [2.24, 2.45) is 22.7 Å². The summed E-state index contributed by atoms with van der Waals surface area (Å²) in [4.78, 5) is 50.5. The van der Waals surface area contributed by atoms with Crippen LogP contribution < -0.4 is 0 Å². The minimum Gasteiger partial charge on any atom is -0.458 e. The molecule has 0 aromatic rings. The lowest BCUT2D eigenvalue weighted by Gasteiger charge is -2.62. The van der Waals surface area contributed by atoms with E-state index in [1.165, 1.54) is 12.2 Å². The summed E-state index contributed by atoms with van der Waals surface area (Å²) < 4.78 is 45.7. The van der Waals surface area contributed by atoms with E-state index in [9.17, 15) is 24.3 Å². The van der Waals surface area contributed by atoms with Crippen molar-refractivity contribution < 1.29 is 52.4 Å². The van der Waals surface area contributed by atoms with E-state index in [-0.39, 0.29) is 12.2 Å². The molecule has 3 saturated carbocycles. The number of rotatable bonds is 7. The number of ketones is 2. The third-order valence-corrected chi connectivity index (χ3v) is 10.3. The predicted octanol–water partition coefficient (Wildman–Crippen LogP) is 3.33. The van der Waals surface area contributed by atoms with Crippen LogP contribution in [0, 0.1) is 22.7 Å². The van der Waals surface area contributed by atoms with E-state index in [0.29, 0.717) is 24.8 Å². The number of fused-ring (bicyclic) bond motifs is 7. The molecule has 0 aromatic carbocycles. The van der Waals surface area contributed by atoms with Crippen molar-refractivity contribution in [3.05, 3.63) is 23.8 Å². The van der Waals surface area contributed by atoms with E-state index < -0.39 is 95.1 Å². The summed E-state index contributed by atoms with van der Waals surface area (Å²) in [7, 11) is 0. The second-order valence-electron chi connectivity index (χ2n) is 14.5. The largest absolute Gasteiger partial charge is 0.458 e. The van der Waals surface area contributed by atoms with Gasteiger partial charge in [0.1, 0.15) is 18.8 Å². The van der Waals surface area contributed by atoms with Crippen LogP contribution in [-0.2, 0) is 42.9 Å². The number of hydrogen-bond acceptors (Lipinski definition) is 10. The van der Waals surface area contributed by atoms with Crippen molar-refractivity contribution in [3.8, 4) is 0 Å². The number of halogens is 1. The summed E-state index contributed by atoms with van der Waals surface area (Å²) >= 11 is 0. The average molecular weight is 607 g/mol. The topological polar surface area (TPSA) is 135 Å². The van der Waals surface area contributed by atoms with Gasteiger partial charge in [0, 0.05) is 16.7 Å². The van der Waals surface area contributed by atoms with E-state index in [0.717, 1.165) is 0 Å². The molecule has 4 fully saturated rings. The fourth-order valence-corrected chi connectivity index (χ4v) is 8.69. The number of allylic oxidation sites excluding steroid dienone is 4. The van der Waals surface area contributed by atoms with E-state index in [1.807, 2.05) is 6.92 Å². The lowest BCUT2D eigenvalue weighted by molar-refractivity contribution is -0.246. The number of aliphatic hydroxyl groups is 1. The van der Waals surface area contributed by atoms with Crippen LogP contribution in [0.1, 0.15) is 74.1 Å². The maximum Gasteiger partial charge on any atom is 0.332 e. The molecule has 238 valence electrons. The van der Waals surface area contributed by atoms with E-state index in [4.69, 9.17) is 23.7 Å². The second kappa shape index (κ2) is 10.3. The van der Waals surface area contributed by atoms with Crippen molar-refractivity contribution in [2.75, 3.05) is 19.8 Å². The molecule has 11 heteroatoms. The molecular formula is C32H43FO10. The van der Waals surface area contributed by atoms with Gasteiger partial charge in [0.05, 0.1) is 12.2 Å². The van der Waals surface area contributed by atoms with Crippen LogP contribution in [0.5, 0.6) is 0 Å². The molecule has 0 spiro atoms. The predicted molar refractivity (Wildman–Crippen MR) is 149 cm³/mol. The molecule has 1 N–H and O–H groups in total. The lowest BCUT2D eigenvalue weighted by atomic mass is 9.44. The van der Waals surface area contributed by atoms with Crippen LogP contribution in [0.25, 0.3) is 0 Å². The molecule has 5 rings (SSSR count). The molecule has 0 aromatic heterocycles. The first-order chi connectivity index (χ1) is 19.8. The number of ether oxygens (including phenoxy) is 5. The Morgan fingerprint density at radius 2 is 1.74 bits per heavy atom. The molecule has 43 heavy (non-hydrogen) atoms. The first-order valence-electron chi connectivity index (χ1n) is 15.0. The minimum atomic E-state index is -2.07. The lowest BCUT2D eigenvalue weighted by Crippen LogP contribution is -2.70. The van der Waals surface area contributed by atoms with Crippen molar-refractivity contribution >= 4 is 23.5 Å². The Hall–Kier alpha value is -2.47. The molecule has 0 bridgehead atoms. The molecule has 4 unspecified atom stereocenters. The fourth-order valence-electron chi connectivity index (χ4n) is 8.69. The SMILES string of the molecule is CC(C)(C)OC(=O)COCC(=O)OCC(=O)[C@@]12OC(C)(C)O[C@@H]1CC1C3CCC4=CC(=O)C=CC4(C)[C@@]3(F)[C@@H](O)CC12C. The van der Waals surface area contributed by atoms with Gasteiger partial charge in [0.15, 0.2) is 29.4 Å². The number of carbonyl (C=O) groups excluding carboxylic acids is 4. The second-order valence-corrected chi connectivity index (χ2v) is 14.5. The Balaban J connectivity index is 1.36. The molecule has 8 atom stereocenters. The molecule has 0 radical (unpaired) electrons. The van der Waals surface area contributed by atoms with Gasteiger partial charge >= 0.3 is 11.9 Å². The van der Waals surface area contributed by atoms with Gasteiger partial charge in [-0.3, -0.25) is 9.59 Å². The first-order valence-corrected chi connectivity index (χ1v) is 15.0. The summed E-state index contributed by atoms with van der Waals surface area (Å²) in [5.74, 6) is -4.43. The van der Waals surface area contributed by atoms with Crippen molar-refractivity contribution in [1.82, 2.24) is 0 Å². The molecule has 1 aliphatic heterocycles. The Labute approximate surface area is 251 Å². The molecule has 5 aliphatic rings. The monoisotopic (exact) mass is 606 g/mol. The van der Waals surface area contributed by atoms with E-state index in [2.05, 4.69) is 0 Å². The Morgan fingerprint density at radius 1 is 1.07 bits per heavy atom. The van der Waals surface area contributed by atoms with Crippen LogP contribution in [-0.4, -0.2) is 83.3 Å². The highest BCUT2D eigenvalue weighted by atomic mass is 19.1. The van der Waals surface area contributed by atoms with Gasteiger partial charge in [-0.15, -0.1) is 0 Å². The average Bonchev–Trinajstić information content (AvgIpc) is 3.28. The summed E-state index contributed by atoms with van der Waals surface area (Å²) in [5.41, 5.74) is -5.93. The highest BCUT2D eigenvalue weighted by Gasteiger charge is 2.80. The third-order valence-electron chi connectivity index (χ3n) is 10.3. The smallest absolute Gasteiger partial charge is 0.332 e. The van der Waals surface area contributed by atoms with Gasteiger partial charge in [-0.05, 0) is 85.3 Å². The minimum absolute atomic E-state index is 0.0933. The van der Waals surface area contributed by atoms with Gasteiger partial charge < -0.3 is 28.8 Å².